The molecule has 0 saturated carbocycles. The van der Waals surface area contributed by atoms with E-state index in [4.69, 9.17) is 4.74 Å². The van der Waals surface area contributed by atoms with Gasteiger partial charge in [-0.25, -0.2) is 0 Å². The van der Waals surface area contributed by atoms with Crippen molar-refractivity contribution in [3.63, 3.8) is 0 Å². The van der Waals surface area contributed by atoms with Gasteiger partial charge in [-0.3, -0.25) is 4.79 Å². The van der Waals surface area contributed by atoms with Crippen LogP contribution in [-0.2, 0) is 22.6 Å². The zero-order chi connectivity index (χ0) is 18.4. The van der Waals surface area contributed by atoms with Gasteiger partial charge in [0.2, 0.25) is 5.91 Å². The number of ether oxygens (including phenoxy) is 1. The molecule has 1 aromatic heterocycles. The topological polar surface area (TPSA) is 73.5 Å². The van der Waals surface area contributed by atoms with Crippen LogP contribution in [0.4, 0.5) is 5.69 Å². The summed E-state index contributed by atoms with van der Waals surface area (Å²) < 4.78 is 7.51. The molecule has 1 aliphatic heterocycles. The number of carbonyl (C=O) groups excluding carboxylic acids is 1. The monoisotopic (exact) mass is 376 g/mol. The van der Waals surface area contributed by atoms with Crippen LogP contribution in [0.3, 0.4) is 0 Å². The molecule has 8 heteroatoms. The maximum absolute atomic E-state index is 12.2. The van der Waals surface area contributed by atoms with Crippen LogP contribution in [-0.4, -0.2) is 52.7 Å². The Bertz CT molecular complexity index is 726. The molecule has 0 spiro atoms. The van der Waals surface area contributed by atoms with Crippen molar-refractivity contribution in [3.8, 4) is 0 Å². The first kappa shape index (κ1) is 18.9. The van der Waals surface area contributed by atoms with E-state index in [1.807, 2.05) is 31.2 Å². The maximum atomic E-state index is 12.2. The second-order valence-electron chi connectivity index (χ2n) is 6.39. The van der Waals surface area contributed by atoms with Crippen LogP contribution < -0.4 is 10.2 Å². The lowest BCUT2D eigenvalue weighted by Crippen LogP contribution is -3.12. The van der Waals surface area contributed by atoms with Gasteiger partial charge in [-0.1, -0.05) is 29.5 Å². The number of quaternary nitrogens is 1. The van der Waals surface area contributed by atoms with Gasteiger partial charge >= 0.3 is 0 Å². The largest absolute Gasteiger partial charge is 0.370 e. The highest BCUT2D eigenvalue weighted by molar-refractivity contribution is 7.99. The van der Waals surface area contributed by atoms with Crippen molar-refractivity contribution in [2.24, 2.45) is 0 Å². The molecule has 0 atom stereocenters. The second kappa shape index (κ2) is 9.16. The Hall–Kier alpha value is -1.90. The van der Waals surface area contributed by atoms with E-state index in [1.165, 1.54) is 22.2 Å². The molecular formula is C18H26N5O2S+. The van der Waals surface area contributed by atoms with E-state index in [2.05, 4.69) is 27.0 Å². The van der Waals surface area contributed by atoms with Crippen molar-refractivity contribution in [2.45, 2.75) is 32.1 Å². The number of morpholine rings is 1. The molecule has 1 aliphatic rings. The summed E-state index contributed by atoms with van der Waals surface area (Å²) in [6.45, 7) is 9.35. The molecule has 3 rings (SSSR count). The van der Waals surface area contributed by atoms with Crippen molar-refractivity contribution >= 4 is 23.4 Å². The number of anilines is 1. The van der Waals surface area contributed by atoms with E-state index < -0.39 is 0 Å². The van der Waals surface area contributed by atoms with Crippen molar-refractivity contribution in [1.82, 2.24) is 14.8 Å². The van der Waals surface area contributed by atoms with E-state index in [0.29, 0.717) is 5.75 Å². The fourth-order valence-electron chi connectivity index (χ4n) is 2.90. The molecule has 1 amide bonds. The van der Waals surface area contributed by atoms with E-state index in [1.54, 1.807) is 0 Å². The Labute approximate surface area is 158 Å². The Morgan fingerprint density at radius 2 is 2.00 bits per heavy atom. The molecule has 2 aromatic rings. The average molecular weight is 377 g/mol. The minimum absolute atomic E-state index is 0.0372. The lowest BCUT2D eigenvalue weighted by molar-refractivity contribution is -0.922. The molecule has 1 fully saturated rings. The van der Waals surface area contributed by atoms with Crippen LogP contribution in [0.15, 0.2) is 29.4 Å². The van der Waals surface area contributed by atoms with Crippen LogP contribution in [0.1, 0.15) is 18.3 Å². The molecule has 7 nitrogen and oxygen atoms in total. The minimum Gasteiger partial charge on any atom is -0.370 e. The first-order valence-corrected chi connectivity index (χ1v) is 9.97. The summed E-state index contributed by atoms with van der Waals surface area (Å²) in [5.41, 5.74) is 1.98. The van der Waals surface area contributed by atoms with Gasteiger partial charge < -0.3 is 19.5 Å². The molecule has 2 heterocycles. The van der Waals surface area contributed by atoms with Gasteiger partial charge in [-0.2, -0.15) is 0 Å². The molecule has 0 radical (unpaired) electrons. The van der Waals surface area contributed by atoms with Crippen LogP contribution in [0, 0.1) is 6.92 Å². The normalized spacial score (nSPS) is 15.2. The Balaban J connectivity index is 1.55. The molecule has 0 unspecified atom stereocenters. The number of amides is 1. The van der Waals surface area contributed by atoms with Crippen molar-refractivity contribution in [3.05, 3.63) is 35.7 Å². The number of carbonyl (C=O) groups is 1. The number of hydrogen-bond acceptors (Lipinski definition) is 5. The molecule has 140 valence electrons. The Kier molecular flexibility index (Phi) is 6.65. The molecule has 1 aromatic carbocycles. The standard InChI is InChI=1S/C18H25N5O2S/c1-3-23-16(12-22-8-10-25-11-9-22)20-21-18(23)26-13-17(24)19-15-6-4-14(2)5-7-15/h4-7H,3,8-13H2,1-2H3,(H,19,24)/p+1. The number of thioether (sulfide) groups is 1. The van der Waals surface area contributed by atoms with Crippen molar-refractivity contribution < 1.29 is 14.4 Å². The molecule has 2 N–H and O–H groups in total. The lowest BCUT2D eigenvalue weighted by Gasteiger charge is -2.23. The number of hydrogen-bond donors (Lipinski definition) is 2. The van der Waals surface area contributed by atoms with Crippen LogP contribution in [0.2, 0.25) is 0 Å². The van der Waals surface area contributed by atoms with Gasteiger partial charge in [-0.15, -0.1) is 10.2 Å². The molecule has 0 aliphatic carbocycles. The molecule has 26 heavy (non-hydrogen) atoms. The molecule has 0 bridgehead atoms. The van der Waals surface area contributed by atoms with Gasteiger partial charge in [0.1, 0.15) is 19.6 Å². The van der Waals surface area contributed by atoms with E-state index >= 15 is 0 Å². The highest BCUT2D eigenvalue weighted by Gasteiger charge is 2.20. The summed E-state index contributed by atoms with van der Waals surface area (Å²) in [5, 5.41) is 12.4. The summed E-state index contributed by atoms with van der Waals surface area (Å²) in [6, 6.07) is 7.79. The van der Waals surface area contributed by atoms with Crippen LogP contribution >= 0.6 is 11.8 Å². The quantitative estimate of drug-likeness (QED) is 0.698. The summed E-state index contributed by atoms with van der Waals surface area (Å²) >= 11 is 1.43. The Morgan fingerprint density at radius 1 is 1.27 bits per heavy atom. The van der Waals surface area contributed by atoms with E-state index in [0.717, 1.165) is 56.1 Å². The number of benzene rings is 1. The number of nitrogens with one attached hydrogen (secondary N) is 2. The number of aryl methyl sites for hydroxylation is 1. The predicted molar refractivity (Wildman–Crippen MR) is 101 cm³/mol. The first-order chi connectivity index (χ1) is 12.7. The highest BCUT2D eigenvalue weighted by Crippen LogP contribution is 2.17. The third-order valence-corrected chi connectivity index (χ3v) is 5.35. The summed E-state index contributed by atoms with van der Waals surface area (Å²) in [5.74, 6) is 1.26. The van der Waals surface area contributed by atoms with E-state index in [-0.39, 0.29) is 5.91 Å². The van der Waals surface area contributed by atoms with Crippen molar-refractivity contribution in [2.75, 3.05) is 37.4 Å². The van der Waals surface area contributed by atoms with Gasteiger partial charge in [0.05, 0.1) is 19.0 Å². The molecule has 1 saturated heterocycles. The van der Waals surface area contributed by atoms with Crippen molar-refractivity contribution in [1.29, 1.82) is 0 Å². The number of rotatable bonds is 7. The third-order valence-electron chi connectivity index (χ3n) is 4.39. The summed E-state index contributed by atoms with van der Waals surface area (Å²) in [7, 11) is 0. The third kappa shape index (κ3) is 5.06. The smallest absolute Gasteiger partial charge is 0.234 e. The Morgan fingerprint density at radius 3 is 2.69 bits per heavy atom. The lowest BCUT2D eigenvalue weighted by atomic mass is 10.2. The predicted octanol–water partition coefficient (Wildman–Crippen LogP) is 0.752. The van der Waals surface area contributed by atoms with Crippen LogP contribution in [0.5, 0.6) is 0 Å². The second-order valence-corrected chi connectivity index (χ2v) is 7.33. The number of aromatic nitrogens is 3. The van der Waals surface area contributed by atoms with Crippen LogP contribution in [0.25, 0.3) is 0 Å². The number of nitrogens with zero attached hydrogens (tertiary/aromatic N) is 3. The summed E-state index contributed by atoms with van der Waals surface area (Å²) in [6.07, 6.45) is 0. The highest BCUT2D eigenvalue weighted by atomic mass is 32.2. The van der Waals surface area contributed by atoms with E-state index in [9.17, 15) is 4.79 Å². The van der Waals surface area contributed by atoms with Gasteiger partial charge in [0.15, 0.2) is 11.0 Å². The summed E-state index contributed by atoms with van der Waals surface area (Å²) in [4.78, 5) is 13.7. The first-order valence-electron chi connectivity index (χ1n) is 8.98. The van der Waals surface area contributed by atoms with Gasteiger partial charge in [0.25, 0.3) is 0 Å². The maximum Gasteiger partial charge on any atom is 0.234 e. The minimum atomic E-state index is -0.0372. The zero-order valence-corrected chi connectivity index (χ0v) is 16.1. The fourth-order valence-corrected chi connectivity index (χ4v) is 3.72. The van der Waals surface area contributed by atoms with Gasteiger partial charge in [-0.05, 0) is 26.0 Å². The SMILES string of the molecule is CCn1c(C[NH+]2CCOCC2)nnc1SCC(=O)Nc1ccc(C)cc1. The fraction of sp³-hybridized carbons (Fsp3) is 0.500. The van der Waals surface area contributed by atoms with Gasteiger partial charge in [0, 0.05) is 12.2 Å². The average Bonchev–Trinajstić information content (AvgIpc) is 3.04. The molecular weight excluding hydrogens is 350 g/mol. The zero-order valence-electron chi connectivity index (χ0n) is 15.3.